The maximum absolute atomic E-state index is 6.37. The van der Waals surface area contributed by atoms with E-state index >= 15 is 0 Å². The predicted molar refractivity (Wildman–Crippen MR) is 96.7 cm³/mol. The first-order chi connectivity index (χ1) is 11.1. The molecule has 3 rings (SSSR count). The Kier molecular flexibility index (Phi) is 4.28. The van der Waals surface area contributed by atoms with Crippen LogP contribution in [0.5, 0.6) is 0 Å². The SMILES string of the molecule is CCc1cccc(CC)c1N1C(N)=NC(N)=NC12CCCCC2. The van der Waals surface area contributed by atoms with E-state index in [9.17, 15) is 0 Å². The molecule has 1 spiro atoms. The van der Waals surface area contributed by atoms with Gasteiger partial charge >= 0.3 is 0 Å². The zero-order valence-electron chi connectivity index (χ0n) is 14.2. The number of aryl methyl sites for hydroxylation is 2. The lowest BCUT2D eigenvalue weighted by atomic mass is 9.86. The van der Waals surface area contributed by atoms with Crippen molar-refractivity contribution in [3.8, 4) is 0 Å². The molecule has 23 heavy (non-hydrogen) atoms. The van der Waals surface area contributed by atoms with Gasteiger partial charge in [0.15, 0.2) is 0 Å². The van der Waals surface area contributed by atoms with Gasteiger partial charge in [0.25, 0.3) is 0 Å². The third-order valence-electron chi connectivity index (χ3n) is 5.04. The van der Waals surface area contributed by atoms with Gasteiger partial charge in [-0.05, 0) is 49.7 Å². The summed E-state index contributed by atoms with van der Waals surface area (Å²) in [7, 11) is 0. The minimum Gasteiger partial charge on any atom is -0.369 e. The maximum Gasteiger partial charge on any atom is 0.220 e. The minimum absolute atomic E-state index is 0.313. The number of benzene rings is 1. The van der Waals surface area contributed by atoms with E-state index in [1.807, 2.05) is 0 Å². The predicted octanol–water partition coefficient (Wildman–Crippen LogP) is 2.92. The van der Waals surface area contributed by atoms with Crippen LogP contribution in [0.3, 0.4) is 0 Å². The molecule has 5 heteroatoms. The van der Waals surface area contributed by atoms with Crippen LogP contribution in [0.2, 0.25) is 0 Å². The topological polar surface area (TPSA) is 80.0 Å². The Hall–Kier alpha value is -2.04. The molecule has 1 heterocycles. The summed E-state index contributed by atoms with van der Waals surface area (Å²) in [6, 6.07) is 6.49. The van der Waals surface area contributed by atoms with Crippen molar-refractivity contribution in [3.63, 3.8) is 0 Å². The van der Waals surface area contributed by atoms with Gasteiger partial charge in [0.05, 0.1) is 5.69 Å². The zero-order valence-corrected chi connectivity index (χ0v) is 14.2. The summed E-state index contributed by atoms with van der Waals surface area (Å²) in [6.07, 6.45) is 7.42. The molecule has 5 nitrogen and oxygen atoms in total. The molecule has 1 aromatic rings. The normalized spacial score (nSPS) is 20.3. The van der Waals surface area contributed by atoms with Gasteiger partial charge in [-0.2, -0.15) is 4.99 Å². The lowest BCUT2D eigenvalue weighted by Gasteiger charge is -2.46. The largest absolute Gasteiger partial charge is 0.369 e. The zero-order chi connectivity index (χ0) is 16.4. The monoisotopic (exact) mass is 313 g/mol. The molecular weight excluding hydrogens is 286 g/mol. The highest BCUT2D eigenvalue weighted by molar-refractivity contribution is 6.06. The molecule has 0 bridgehead atoms. The highest BCUT2D eigenvalue weighted by atomic mass is 15.4. The van der Waals surface area contributed by atoms with Crippen molar-refractivity contribution in [3.05, 3.63) is 29.3 Å². The van der Waals surface area contributed by atoms with Crippen molar-refractivity contribution in [2.45, 2.75) is 64.5 Å². The number of nitrogens with two attached hydrogens (primary N) is 2. The number of rotatable bonds is 3. The molecule has 0 radical (unpaired) electrons. The van der Waals surface area contributed by atoms with Crippen LogP contribution in [0.1, 0.15) is 57.1 Å². The van der Waals surface area contributed by atoms with Crippen molar-refractivity contribution >= 4 is 17.6 Å². The summed E-state index contributed by atoms with van der Waals surface area (Å²) in [5.41, 5.74) is 15.8. The quantitative estimate of drug-likeness (QED) is 0.900. The Morgan fingerprint density at radius 3 is 2.22 bits per heavy atom. The van der Waals surface area contributed by atoms with E-state index < -0.39 is 0 Å². The van der Waals surface area contributed by atoms with Crippen LogP contribution in [0, 0.1) is 0 Å². The molecule has 2 aliphatic rings. The first kappa shape index (κ1) is 15.8. The molecule has 0 atom stereocenters. The number of para-hydroxylation sites is 1. The number of guanidine groups is 2. The Bertz CT molecular complexity index is 619. The Balaban J connectivity index is 2.18. The first-order valence-electron chi connectivity index (χ1n) is 8.72. The summed E-state index contributed by atoms with van der Waals surface area (Å²) < 4.78 is 0. The molecule has 0 aromatic heterocycles. The summed E-state index contributed by atoms with van der Waals surface area (Å²) in [5.74, 6) is 0.794. The summed E-state index contributed by atoms with van der Waals surface area (Å²) in [4.78, 5) is 11.3. The number of anilines is 1. The van der Waals surface area contributed by atoms with Gasteiger partial charge in [-0.15, -0.1) is 0 Å². The Labute approximate surface area is 138 Å². The Morgan fingerprint density at radius 1 is 1.04 bits per heavy atom. The van der Waals surface area contributed by atoms with E-state index in [1.165, 1.54) is 23.2 Å². The Morgan fingerprint density at radius 2 is 1.65 bits per heavy atom. The van der Waals surface area contributed by atoms with E-state index in [0.29, 0.717) is 11.9 Å². The molecule has 124 valence electrons. The fourth-order valence-electron chi connectivity index (χ4n) is 3.95. The summed E-state index contributed by atoms with van der Waals surface area (Å²) in [5, 5.41) is 0. The van der Waals surface area contributed by atoms with Gasteiger partial charge in [-0.1, -0.05) is 38.5 Å². The standard InChI is InChI=1S/C18H27N5/c1-3-13-9-8-10-14(4-2)15(13)23-17(20)21-16(19)22-18(23)11-6-5-7-12-18/h8-10H,3-7,11-12H2,1-2H3,(H4,19,20,21,22). The fourth-order valence-corrected chi connectivity index (χ4v) is 3.95. The molecule has 0 unspecified atom stereocenters. The highest BCUT2D eigenvalue weighted by Gasteiger charge is 2.43. The summed E-state index contributed by atoms with van der Waals surface area (Å²) >= 11 is 0. The van der Waals surface area contributed by atoms with Crippen molar-refractivity contribution < 1.29 is 0 Å². The van der Waals surface area contributed by atoms with Gasteiger partial charge in [0, 0.05) is 0 Å². The van der Waals surface area contributed by atoms with Gasteiger partial charge in [-0.3, -0.25) is 4.90 Å². The van der Waals surface area contributed by atoms with Crippen LogP contribution in [0.15, 0.2) is 28.2 Å². The van der Waals surface area contributed by atoms with Gasteiger partial charge in [0.2, 0.25) is 11.9 Å². The number of nitrogens with zero attached hydrogens (tertiary/aromatic N) is 3. The van der Waals surface area contributed by atoms with Crippen LogP contribution < -0.4 is 16.4 Å². The fraction of sp³-hybridized carbons (Fsp3) is 0.556. The van der Waals surface area contributed by atoms with Crippen LogP contribution in [0.4, 0.5) is 5.69 Å². The van der Waals surface area contributed by atoms with E-state index in [2.05, 4.69) is 41.9 Å². The van der Waals surface area contributed by atoms with Gasteiger partial charge < -0.3 is 11.5 Å². The van der Waals surface area contributed by atoms with Gasteiger partial charge in [0.1, 0.15) is 5.66 Å². The molecule has 0 amide bonds. The molecule has 1 aromatic carbocycles. The molecular formula is C18H27N5. The number of hydrogen-bond acceptors (Lipinski definition) is 5. The van der Waals surface area contributed by atoms with Crippen LogP contribution >= 0.6 is 0 Å². The second-order valence-electron chi connectivity index (χ2n) is 6.45. The lowest BCUT2D eigenvalue weighted by Crippen LogP contribution is -2.58. The van der Waals surface area contributed by atoms with E-state index in [-0.39, 0.29) is 5.66 Å². The van der Waals surface area contributed by atoms with Crippen molar-refractivity contribution in [1.82, 2.24) is 0 Å². The number of aliphatic imine (C=N–C) groups is 2. The van der Waals surface area contributed by atoms with E-state index in [1.54, 1.807) is 0 Å². The molecule has 1 saturated carbocycles. The molecule has 4 N–H and O–H groups in total. The maximum atomic E-state index is 6.37. The van der Waals surface area contributed by atoms with Crippen molar-refractivity contribution in [1.29, 1.82) is 0 Å². The average molecular weight is 313 g/mol. The number of hydrogen-bond donors (Lipinski definition) is 2. The van der Waals surface area contributed by atoms with Crippen LogP contribution in [-0.2, 0) is 12.8 Å². The third-order valence-corrected chi connectivity index (χ3v) is 5.04. The van der Waals surface area contributed by atoms with Crippen molar-refractivity contribution in [2.24, 2.45) is 21.5 Å². The lowest BCUT2D eigenvalue weighted by molar-refractivity contribution is 0.305. The third kappa shape index (κ3) is 2.69. The van der Waals surface area contributed by atoms with Gasteiger partial charge in [-0.25, -0.2) is 4.99 Å². The molecule has 0 saturated heterocycles. The minimum atomic E-state index is -0.358. The summed E-state index contributed by atoms with van der Waals surface area (Å²) in [6.45, 7) is 4.36. The van der Waals surface area contributed by atoms with Crippen LogP contribution in [0.25, 0.3) is 0 Å². The van der Waals surface area contributed by atoms with E-state index in [4.69, 9.17) is 16.5 Å². The molecule has 1 fully saturated rings. The molecule has 1 aliphatic heterocycles. The first-order valence-corrected chi connectivity index (χ1v) is 8.72. The average Bonchev–Trinajstić information content (AvgIpc) is 2.54. The highest BCUT2D eigenvalue weighted by Crippen LogP contribution is 2.42. The second-order valence-corrected chi connectivity index (χ2v) is 6.45. The van der Waals surface area contributed by atoms with Crippen LogP contribution in [-0.4, -0.2) is 17.6 Å². The van der Waals surface area contributed by atoms with E-state index in [0.717, 1.165) is 38.5 Å². The molecule has 1 aliphatic carbocycles. The second kappa shape index (κ2) is 6.22. The smallest absolute Gasteiger partial charge is 0.220 e. The van der Waals surface area contributed by atoms with Crippen molar-refractivity contribution in [2.75, 3.05) is 4.90 Å².